The Labute approximate surface area is 152 Å². The van der Waals surface area contributed by atoms with E-state index in [9.17, 15) is 15.0 Å². The number of phenolic OH excluding ortho intramolecular Hbond substituents is 2. The molecule has 0 aliphatic carbocycles. The summed E-state index contributed by atoms with van der Waals surface area (Å²) in [6.07, 6.45) is 1.99. The van der Waals surface area contributed by atoms with E-state index in [1.807, 2.05) is 0 Å². The smallest absolute Gasteiger partial charge is 0.244 e. The fraction of sp³-hybridized carbons (Fsp3) is 0.267. The maximum absolute atomic E-state index is 12.5. The average Bonchev–Trinajstić information content (AvgIpc) is 3.27. The van der Waals surface area contributed by atoms with Gasteiger partial charge in [-0.2, -0.15) is 5.10 Å². The van der Waals surface area contributed by atoms with E-state index in [-0.39, 0.29) is 29.0 Å². The lowest BCUT2D eigenvalue weighted by atomic mass is 10.00. The summed E-state index contributed by atoms with van der Waals surface area (Å²) in [6, 6.07) is 2.62. The quantitative estimate of drug-likeness (QED) is 0.614. The molecule has 0 fully saturated rings. The molecule has 11 heteroatoms. The number of carbonyl (C=O) groups excluding carboxylic acids is 1. The Balaban J connectivity index is 1.62. The molecule has 1 aliphatic rings. The zero-order valence-electron chi connectivity index (χ0n) is 13.4. The molecular formula is C15H14ClN7O3. The van der Waals surface area contributed by atoms with Crippen LogP contribution in [-0.2, 0) is 24.3 Å². The van der Waals surface area contributed by atoms with Gasteiger partial charge in [0, 0.05) is 42.4 Å². The monoisotopic (exact) mass is 375 g/mol. The van der Waals surface area contributed by atoms with E-state index in [2.05, 4.69) is 25.7 Å². The van der Waals surface area contributed by atoms with E-state index in [1.54, 1.807) is 4.90 Å². The molecule has 0 bridgehead atoms. The van der Waals surface area contributed by atoms with Gasteiger partial charge in [0.15, 0.2) is 0 Å². The molecule has 0 radical (unpaired) electrons. The lowest BCUT2D eigenvalue weighted by Gasteiger charge is -2.27. The highest BCUT2D eigenvalue weighted by Gasteiger charge is 2.27. The van der Waals surface area contributed by atoms with Gasteiger partial charge in [-0.15, -0.1) is 5.10 Å². The molecule has 0 atom stereocenters. The number of halogens is 1. The number of rotatable bonds is 3. The molecule has 2 aromatic heterocycles. The predicted molar refractivity (Wildman–Crippen MR) is 89.3 cm³/mol. The topological polar surface area (TPSA) is 133 Å². The van der Waals surface area contributed by atoms with Gasteiger partial charge in [0.05, 0.1) is 5.02 Å². The van der Waals surface area contributed by atoms with Gasteiger partial charge in [0.2, 0.25) is 5.91 Å². The summed E-state index contributed by atoms with van der Waals surface area (Å²) in [7, 11) is 0. The maximum Gasteiger partial charge on any atom is 0.244 e. The van der Waals surface area contributed by atoms with Crippen LogP contribution in [0.3, 0.4) is 0 Å². The van der Waals surface area contributed by atoms with Crippen LogP contribution in [0, 0.1) is 0 Å². The van der Waals surface area contributed by atoms with E-state index >= 15 is 0 Å². The van der Waals surface area contributed by atoms with E-state index in [4.69, 9.17) is 11.6 Å². The molecule has 0 saturated carbocycles. The van der Waals surface area contributed by atoms with Crippen LogP contribution in [-0.4, -0.2) is 58.0 Å². The van der Waals surface area contributed by atoms with Crippen molar-refractivity contribution in [3.05, 3.63) is 34.7 Å². The van der Waals surface area contributed by atoms with Gasteiger partial charge < -0.3 is 15.1 Å². The SMILES string of the molecule is O=C(Cn1cnnn1)N1CCc2[nH]nc(-c3cc(Cl)c(O)cc3O)c2C1. The van der Waals surface area contributed by atoms with Crippen LogP contribution in [0.1, 0.15) is 11.3 Å². The molecule has 26 heavy (non-hydrogen) atoms. The van der Waals surface area contributed by atoms with Crippen molar-refractivity contribution in [2.75, 3.05) is 6.54 Å². The van der Waals surface area contributed by atoms with Crippen LogP contribution in [0.2, 0.25) is 5.02 Å². The molecule has 134 valence electrons. The van der Waals surface area contributed by atoms with Crippen LogP contribution in [0.4, 0.5) is 0 Å². The van der Waals surface area contributed by atoms with E-state index in [0.717, 1.165) is 11.3 Å². The van der Waals surface area contributed by atoms with Gasteiger partial charge in [0.1, 0.15) is 30.1 Å². The van der Waals surface area contributed by atoms with Crippen molar-refractivity contribution in [1.29, 1.82) is 0 Å². The third-order valence-electron chi connectivity index (χ3n) is 4.30. The number of nitrogens with zero attached hydrogens (tertiary/aromatic N) is 6. The molecule has 1 aromatic carbocycles. The first-order valence-corrected chi connectivity index (χ1v) is 8.17. The summed E-state index contributed by atoms with van der Waals surface area (Å²) < 4.78 is 1.36. The fourth-order valence-corrected chi connectivity index (χ4v) is 3.13. The Morgan fingerprint density at radius 3 is 2.92 bits per heavy atom. The van der Waals surface area contributed by atoms with Crippen molar-refractivity contribution < 1.29 is 15.0 Å². The first kappa shape index (κ1) is 16.3. The predicted octanol–water partition coefficient (Wildman–Crippen LogP) is 0.713. The highest BCUT2D eigenvalue weighted by atomic mass is 35.5. The minimum absolute atomic E-state index is 0.0474. The summed E-state index contributed by atoms with van der Waals surface area (Å²) in [5, 5.41) is 37.8. The van der Waals surface area contributed by atoms with Crippen LogP contribution in [0.15, 0.2) is 18.5 Å². The summed E-state index contributed by atoms with van der Waals surface area (Å²) in [5.41, 5.74) is 2.59. The summed E-state index contributed by atoms with van der Waals surface area (Å²) >= 11 is 5.96. The maximum atomic E-state index is 12.5. The van der Waals surface area contributed by atoms with Crippen molar-refractivity contribution >= 4 is 17.5 Å². The van der Waals surface area contributed by atoms with Crippen molar-refractivity contribution in [1.82, 2.24) is 35.3 Å². The normalized spacial score (nSPS) is 13.7. The molecule has 0 unspecified atom stereocenters. The number of tetrazole rings is 1. The number of hydrogen-bond acceptors (Lipinski definition) is 7. The van der Waals surface area contributed by atoms with E-state index < -0.39 is 0 Å². The summed E-state index contributed by atoms with van der Waals surface area (Å²) in [4.78, 5) is 14.2. The number of amides is 1. The van der Waals surface area contributed by atoms with Crippen LogP contribution >= 0.6 is 11.6 Å². The minimum Gasteiger partial charge on any atom is -0.507 e. The second kappa shape index (κ2) is 6.30. The highest BCUT2D eigenvalue weighted by Crippen LogP contribution is 2.39. The van der Waals surface area contributed by atoms with E-state index in [0.29, 0.717) is 30.8 Å². The zero-order chi connectivity index (χ0) is 18.3. The number of H-pyrrole nitrogens is 1. The lowest BCUT2D eigenvalue weighted by molar-refractivity contribution is -0.133. The Morgan fingerprint density at radius 1 is 1.31 bits per heavy atom. The van der Waals surface area contributed by atoms with Crippen molar-refractivity contribution in [3.8, 4) is 22.8 Å². The number of phenols is 2. The standard InChI is InChI=1S/C15H14ClN7O3/c16-10-3-8(12(24)4-13(10)25)15-9-5-22(2-1-11(9)18-19-15)14(26)6-23-7-17-20-21-23/h3-4,7,24-25H,1-2,5-6H2,(H,18,19). The number of nitrogens with one attached hydrogen (secondary N) is 1. The van der Waals surface area contributed by atoms with Crippen molar-refractivity contribution in [3.63, 3.8) is 0 Å². The van der Waals surface area contributed by atoms with Gasteiger partial charge in [-0.05, 0) is 16.5 Å². The van der Waals surface area contributed by atoms with Gasteiger partial charge in [-0.25, -0.2) is 4.68 Å². The number of fused-ring (bicyclic) bond motifs is 1. The number of hydrogen-bond donors (Lipinski definition) is 3. The minimum atomic E-state index is -0.212. The average molecular weight is 376 g/mol. The number of aromatic amines is 1. The zero-order valence-corrected chi connectivity index (χ0v) is 14.2. The number of carbonyl (C=O) groups is 1. The molecule has 0 saturated heterocycles. The van der Waals surface area contributed by atoms with Gasteiger partial charge >= 0.3 is 0 Å². The molecule has 3 heterocycles. The third kappa shape index (κ3) is 2.84. The number of benzene rings is 1. The van der Waals surface area contributed by atoms with Crippen LogP contribution < -0.4 is 0 Å². The van der Waals surface area contributed by atoms with Crippen molar-refractivity contribution in [2.24, 2.45) is 0 Å². The highest BCUT2D eigenvalue weighted by molar-refractivity contribution is 6.32. The Hall–Kier alpha value is -3.14. The summed E-state index contributed by atoms with van der Waals surface area (Å²) in [6.45, 7) is 0.920. The van der Waals surface area contributed by atoms with Gasteiger partial charge in [-0.1, -0.05) is 11.6 Å². The first-order valence-electron chi connectivity index (χ1n) is 7.79. The van der Waals surface area contributed by atoms with Gasteiger partial charge in [-0.3, -0.25) is 9.89 Å². The molecule has 4 rings (SSSR count). The van der Waals surface area contributed by atoms with Crippen molar-refractivity contribution in [2.45, 2.75) is 19.5 Å². The molecule has 1 aliphatic heterocycles. The Morgan fingerprint density at radius 2 is 2.15 bits per heavy atom. The first-order chi connectivity index (χ1) is 12.5. The molecule has 3 aromatic rings. The van der Waals surface area contributed by atoms with E-state index in [1.165, 1.54) is 23.1 Å². The number of aromatic hydroxyl groups is 2. The van der Waals surface area contributed by atoms with Crippen LogP contribution in [0.5, 0.6) is 11.5 Å². The molecule has 1 amide bonds. The number of aromatic nitrogens is 6. The Bertz CT molecular complexity index is 970. The fourth-order valence-electron chi connectivity index (χ4n) is 2.96. The molecular weight excluding hydrogens is 362 g/mol. The summed E-state index contributed by atoms with van der Waals surface area (Å²) in [5.74, 6) is -0.475. The largest absolute Gasteiger partial charge is 0.507 e. The van der Waals surface area contributed by atoms with Gasteiger partial charge in [0.25, 0.3) is 0 Å². The third-order valence-corrected chi connectivity index (χ3v) is 4.60. The second-order valence-corrected chi connectivity index (χ2v) is 6.33. The molecule has 10 nitrogen and oxygen atoms in total. The Kier molecular flexibility index (Phi) is 3.96. The van der Waals surface area contributed by atoms with Crippen LogP contribution in [0.25, 0.3) is 11.3 Å². The molecule has 3 N–H and O–H groups in total. The second-order valence-electron chi connectivity index (χ2n) is 5.92. The lowest BCUT2D eigenvalue weighted by Crippen LogP contribution is -2.38. The molecule has 0 spiro atoms.